The highest BCUT2D eigenvalue weighted by Gasteiger charge is 2.31. The summed E-state index contributed by atoms with van der Waals surface area (Å²) in [5.41, 5.74) is 5.07. The number of nitrogens with two attached hydrogens (primary N) is 1. The van der Waals surface area contributed by atoms with Gasteiger partial charge in [0.15, 0.2) is 0 Å². The minimum Gasteiger partial charge on any atom is -0.329 e. The fraction of sp³-hybridized carbons (Fsp3) is 0.667. The van der Waals surface area contributed by atoms with Crippen LogP contribution in [0, 0.1) is 0 Å². The Balaban J connectivity index is 2.96. The van der Waals surface area contributed by atoms with Crippen LogP contribution < -0.4 is 10.5 Å². The third-order valence-corrected chi connectivity index (χ3v) is 4.42. The lowest BCUT2D eigenvalue weighted by Gasteiger charge is -2.30. The van der Waals surface area contributed by atoms with Gasteiger partial charge in [-0.05, 0) is 12.8 Å². The number of H-pyrrole nitrogens is 1. The van der Waals surface area contributed by atoms with Crippen LogP contribution >= 0.6 is 0 Å². The van der Waals surface area contributed by atoms with E-state index in [9.17, 15) is 8.42 Å². The van der Waals surface area contributed by atoms with Gasteiger partial charge in [0, 0.05) is 18.3 Å². The molecule has 1 heterocycles. The van der Waals surface area contributed by atoms with E-state index in [4.69, 9.17) is 5.73 Å². The van der Waals surface area contributed by atoms with Gasteiger partial charge in [-0.2, -0.15) is 5.10 Å². The van der Waals surface area contributed by atoms with Crippen molar-refractivity contribution in [2.75, 3.05) is 6.54 Å². The Morgan fingerprint density at radius 2 is 2.12 bits per heavy atom. The van der Waals surface area contributed by atoms with E-state index >= 15 is 0 Å². The molecule has 6 nitrogen and oxygen atoms in total. The zero-order valence-corrected chi connectivity index (χ0v) is 10.3. The van der Waals surface area contributed by atoms with Gasteiger partial charge in [-0.25, -0.2) is 13.1 Å². The highest BCUT2D eigenvalue weighted by molar-refractivity contribution is 7.89. The fourth-order valence-electron chi connectivity index (χ4n) is 1.45. The molecular formula is C9H18N4O2S. The summed E-state index contributed by atoms with van der Waals surface area (Å²) < 4.78 is 26.6. The molecule has 0 saturated carbocycles. The minimum absolute atomic E-state index is 0.132. The lowest BCUT2D eigenvalue weighted by Crippen LogP contribution is -2.52. The zero-order chi connectivity index (χ0) is 12.2. The molecule has 1 rings (SSSR count). The first-order valence-corrected chi connectivity index (χ1v) is 6.71. The molecule has 0 saturated heterocycles. The Morgan fingerprint density at radius 3 is 2.50 bits per heavy atom. The molecule has 16 heavy (non-hydrogen) atoms. The van der Waals surface area contributed by atoms with Crippen molar-refractivity contribution >= 4 is 10.0 Å². The van der Waals surface area contributed by atoms with Crippen molar-refractivity contribution in [2.45, 2.75) is 37.1 Å². The largest absolute Gasteiger partial charge is 0.329 e. The first-order valence-electron chi connectivity index (χ1n) is 5.22. The number of hydrogen-bond donors (Lipinski definition) is 3. The molecule has 0 unspecified atom stereocenters. The van der Waals surface area contributed by atoms with Crippen molar-refractivity contribution < 1.29 is 8.42 Å². The van der Waals surface area contributed by atoms with E-state index in [-0.39, 0.29) is 11.4 Å². The van der Waals surface area contributed by atoms with Gasteiger partial charge in [0.1, 0.15) is 4.90 Å². The van der Waals surface area contributed by atoms with E-state index in [1.165, 1.54) is 12.4 Å². The van der Waals surface area contributed by atoms with Gasteiger partial charge in [0.2, 0.25) is 10.0 Å². The van der Waals surface area contributed by atoms with E-state index in [0.717, 1.165) is 0 Å². The molecule has 0 spiro atoms. The quantitative estimate of drug-likeness (QED) is 0.667. The second-order valence-electron chi connectivity index (χ2n) is 3.73. The van der Waals surface area contributed by atoms with Crippen LogP contribution in [0.15, 0.2) is 17.3 Å². The fourth-order valence-corrected chi connectivity index (χ4v) is 2.91. The number of aromatic nitrogens is 2. The molecule has 1 aromatic rings. The first-order chi connectivity index (χ1) is 7.49. The molecule has 0 aliphatic heterocycles. The van der Waals surface area contributed by atoms with Gasteiger partial charge in [-0.1, -0.05) is 13.8 Å². The minimum atomic E-state index is -3.53. The molecule has 0 aliphatic carbocycles. The van der Waals surface area contributed by atoms with E-state index in [2.05, 4.69) is 14.9 Å². The second-order valence-corrected chi connectivity index (χ2v) is 5.41. The number of nitrogens with zero attached hydrogens (tertiary/aromatic N) is 1. The molecular weight excluding hydrogens is 228 g/mol. The molecule has 0 bridgehead atoms. The van der Waals surface area contributed by atoms with Crippen molar-refractivity contribution in [3.63, 3.8) is 0 Å². The maximum Gasteiger partial charge on any atom is 0.244 e. The summed E-state index contributed by atoms with van der Waals surface area (Å²) in [5.74, 6) is 0. The van der Waals surface area contributed by atoms with Crippen LogP contribution in [0.5, 0.6) is 0 Å². The molecule has 0 amide bonds. The second kappa shape index (κ2) is 4.94. The van der Waals surface area contributed by atoms with Crippen molar-refractivity contribution in [1.82, 2.24) is 14.9 Å². The highest BCUT2D eigenvalue weighted by Crippen LogP contribution is 2.17. The Bertz CT molecular complexity index is 400. The average molecular weight is 246 g/mol. The van der Waals surface area contributed by atoms with E-state index < -0.39 is 15.6 Å². The summed E-state index contributed by atoms with van der Waals surface area (Å²) >= 11 is 0. The summed E-state index contributed by atoms with van der Waals surface area (Å²) in [4.78, 5) is 0.132. The van der Waals surface area contributed by atoms with Gasteiger partial charge in [-0.15, -0.1) is 0 Å². The molecule has 0 aliphatic rings. The van der Waals surface area contributed by atoms with Crippen molar-refractivity contribution in [1.29, 1.82) is 0 Å². The normalized spacial score (nSPS) is 12.9. The number of nitrogens with one attached hydrogen (secondary N) is 2. The molecule has 0 atom stereocenters. The van der Waals surface area contributed by atoms with Gasteiger partial charge >= 0.3 is 0 Å². The molecule has 92 valence electrons. The maximum absolute atomic E-state index is 12.0. The smallest absolute Gasteiger partial charge is 0.244 e. The molecule has 4 N–H and O–H groups in total. The summed E-state index contributed by atoms with van der Waals surface area (Å²) in [6.07, 6.45) is 3.91. The number of hydrogen-bond acceptors (Lipinski definition) is 4. The maximum atomic E-state index is 12.0. The van der Waals surface area contributed by atoms with Crippen LogP contribution in [0.25, 0.3) is 0 Å². The Morgan fingerprint density at radius 1 is 1.50 bits per heavy atom. The van der Waals surface area contributed by atoms with Gasteiger partial charge in [0.25, 0.3) is 0 Å². The predicted octanol–water partition coefficient (Wildman–Crippen LogP) is 0.206. The van der Waals surface area contributed by atoms with Gasteiger partial charge < -0.3 is 5.73 Å². The summed E-state index contributed by atoms with van der Waals surface area (Å²) in [6.45, 7) is 4.10. The zero-order valence-electron chi connectivity index (χ0n) is 9.53. The summed E-state index contributed by atoms with van der Waals surface area (Å²) in [7, 11) is -3.53. The lowest BCUT2D eigenvalue weighted by atomic mass is 9.95. The van der Waals surface area contributed by atoms with Gasteiger partial charge in [0.05, 0.1) is 6.20 Å². The number of aromatic amines is 1. The van der Waals surface area contributed by atoms with Crippen LogP contribution in [0.2, 0.25) is 0 Å². The monoisotopic (exact) mass is 246 g/mol. The highest BCUT2D eigenvalue weighted by atomic mass is 32.2. The van der Waals surface area contributed by atoms with Crippen LogP contribution in [-0.2, 0) is 10.0 Å². The molecule has 0 fully saturated rings. The van der Waals surface area contributed by atoms with Gasteiger partial charge in [-0.3, -0.25) is 5.10 Å². The Hall–Kier alpha value is -0.920. The molecule has 0 radical (unpaired) electrons. The van der Waals surface area contributed by atoms with Crippen molar-refractivity contribution in [3.8, 4) is 0 Å². The molecule has 7 heteroatoms. The van der Waals surface area contributed by atoms with E-state index in [0.29, 0.717) is 12.8 Å². The number of rotatable bonds is 6. The summed E-state index contributed by atoms with van der Waals surface area (Å²) in [5, 5.41) is 6.10. The number of sulfonamides is 1. The predicted molar refractivity (Wildman–Crippen MR) is 61.3 cm³/mol. The summed E-state index contributed by atoms with van der Waals surface area (Å²) in [6, 6.07) is 0. The van der Waals surface area contributed by atoms with Crippen LogP contribution in [0.1, 0.15) is 26.7 Å². The topological polar surface area (TPSA) is 101 Å². The third kappa shape index (κ3) is 2.60. The average Bonchev–Trinajstić information content (AvgIpc) is 2.80. The van der Waals surface area contributed by atoms with Crippen LogP contribution in [-0.4, -0.2) is 30.7 Å². The van der Waals surface area contributed by atoms with Crippen LogP contribution in [0.3, 0.4) is 0 Å². The standard InChI is InChI=1S/C9H18N4O2S/c1-3-9(4-2,7-10)13-16(14,15)8-5-11-12-6-8/h5-6,13H,3-4,7,10H2,1-2H3,(H,11,12). The SMILES string of the molecule is CCC(CC)(CN)NS(=O)(=O)c1cn[nH]c1. The van der Waals surface area contributed by atoms with Crippen molar-refractivity contribution in [2.24, 2.45) is 5.73 Å². The van der Waals surface area contributed by atoms with E-state index in [1.54, 1.807) is 0 Å². The Labute approximate surface area is 95.7 Å². The lowest BCUT2D eigenvalue weighted by molar-refractivity contribution is 0.363. The third-order valence-electron chi connectivity index (χ3n) is 2.88. The first kappa shape index (κ1) is 13.1. The molecule has 0 aromatic carbocycles. The van der Waals surface area contributed by atoms with E-state index in [1.807, 2.05) is 13.8 Å². The van der Waals surface area contributed by atoms with Crippen molar-refractivity contribution in [3.05, 3.63) is 12.4 Å². The van der Waals surface area contributed by atoms with Crippen LogP contribution in [0.4, 0.5) is 0 Å². The Kier molecular flexibility index (Phi) is 4.06. The molecule has 1 aromatic heterocycles.